The van der Waals surface area contributed by atoms with E-state index in [2.05, 4.69) is 35.1 Å². The summed E-state index contributed by atoms with van der Waals surface area (Å²) in [7, 11) is 0. The molecule has 0 unspecified atom stereocenters. The Morgan fingerprint density at radius 1 is 1.13 bits per heavy atom. The number of anilines is 3. The second-order valence-electron chi connectivity index (χ2n) is 6.48. The van der Waals surface area contributed by atoms with Crippen molar-refractivity contribution < 1.29 is 8.85 Å². The fraction of sp³-hybridized carbons (Fsp3) is 0.100. The van der Waals surface area contributed by atoms with Gasteiger partial charge in [-0.1, -0.05) is 6.07 Å². The quantitative estimate of drug-likeness (QED) is 0.465. The summed E-state index contributed by atoms with van der Waals surface area (Å²) < 4.78 is 30.4. The molecule has 0 fully saturated rings. The average Bonchev–Trinajstić information content (AvgIpc) is 3.25. The summed E-state index contributed by atoms with van der Waals surface area (Å²) in [5, 5.41) is 8.05. The number of aromatic nitrogens is 7. The molecule has 0 aliphatic rings. The maximum atomic E-state index is 8.07. The van der Waals surface area contributed by atoms with E-state index < -0.39 is 6.98 Å². The fourth-order valence-electron chi connectivity index (χ4n) is 3.10. The minimum atomic E-state index is -2.62. The van der Waals surface area contributed by atoms with Crippen LogP contribution in [0.4, 0.5) is 17.5 Å². The molecule has 0 spiro atoms. The first-order valence-electron chi connectivity index (χ1n) is 10.4. The van der Waals surface area contributed by atoms with Gasteiger partial charge in [0.15, 0.2) is 5.82 Å². The van der Waals surface area contributed by atoms with Crippen LogP contribution in [0.5, 0.6) is 11.6 Å². The number of ether oxygens (including phenoxy) is 1. The first-order chi connectivity index (χ1) is 15.8. The van der Waals surface area contributed by atoms with Crippen molar-refractivity contribution in [2.24, 2.45) is 0 Å². The number of aromatic amines is 1. The molecule has 148 valence electrons. The van der Waals surface area contributed by atoms with Crippen molar-refractivity contribution >= 4 is 39.3 Å². The highest BCUT2D eigenvalue weighted by molar-refractivity contribution is 5.95. The SMILES string of the molecule is [2H]C([2H])([2H])N(c1cnccn1)c1cc2ncnc(N)c2c(Oc2c(C)ccc3[nH]ncc23)n1. The molecule has 10 heteroatoms. The Morgan fingerprint density at radius 2 is 2.07 bits per heavy atom. The minimum Gasteiger partial charge on any atom is -0.437 e. The van der Waals surface area contributed by atoms with Gasteiger partial charge >= 0.3 is 0 Å². The number of pyridine rings is 1. The molecule has 4 aromatic heterocycles. The number of H-pyrrole nitrogens is 1. The molecule has 0 saturated heterocycles. The van der Waals surface area contributed by atoms with Crippen molar-refractivity contribution in [1.29, 1.82) is 0 Å². The standard InChI is InChI=1S/C20H17N9O/c1-11-3-4-13-12(8-26-28-13)18(11)30-20-17-14(24-10-25-19(17)21)7-15(27-20)29(2)16-9-22-5-6-23-16/h3-10H,1-2H3,(H,26,28)(H2,21,24,25)/i2D3. The highest BCUT2D eigenvalue weighted by Gasteiger charge is 2.18. The topological polar surface area (TPSA) is 132 Å². The van der Waals surface area contributed by atoms with Crippen LogP contribution in [0.3, 0.4) is 0 Å². The number of nitrogens with one attached hydrogen (secondary N) is 1. The van der Waals surface area contributed by atoms with Crippen molar-refractivity contribution in [3.63, 3.8) is 0 Å². The normalized spacial score (nSPS) is 13.0. The first-order valence-corrected chi connectivity index (χ1v) is 8.91. The molecule has 30 heavy (non-hydrogen) atoms. The van der Waals surface area contributed by atoms with E-state index in [0.717, 1.165) is 21.4 Å². The molecule has 0 amide bonds. The predicted molar refractivity (Wildman–Crippen MR) is 113 cm³/mol. The Balaban J connectivity index is 1.75. The number of benzene rings is 1. The zero-order valence-corrected chi connectivity index (χ0v) is 15.7. The molecule has 4 heterocycles. The number of fused-ring (bicyclic) bond motifs is 2. The maximum Gasteiger partial charge on any atom is 0.234 e. The number of aryl methyl sites for hydroxylation is 1. The Bertz CT molecular complexity index is 1470. The zero-order valence-electron chi connectivity index (χ0n) is 18.7. The van der Waals surface area contributed by atoms with Crippen LogP contribution in [0.25, 0.3) is 21.8 Å². The molecule has 5 aromatic rings. The Kier molecular flexibility index (Phi) is 3.38. The lowest BCUT2D eigenvalue weighted by molar-refractivity contribution is 0.471. The van der Waals surface area contributed by atoms with E-state index in [9.17, 15) is 0 Å². The third-order valence-electron chi connectivity index (χ3n) is 4.58. The van der Waals surface area contributed by atoms with Gasteiger partial charge in [-0.3, -0.25) is 10.1 Å². The van der Waals surface area contributed by atoms with Gasteiger partial charge in [-0.15, -0.1) is 0 Å². The smallest absolute Gasteiger partial charge is 0.234 e. The molecule has 5 rings (SSSR count). The summed E-state index contributed by atoms with van der Waals surface area (Å²) in [6, 6.07) is 5.25. The van der Waals surface area contributed by atoms with Gasteiger partial charge in [0, 0.05) is 29.5 Å². The summed E-state index contributed by atoms with van der Waals surface area (Å²) in [5.74, 6) is 0.815. The van der Waals surface area contributed by atoms with Crippen molar-refractivity contribution in [2.75, 3.05) is 17.6 Å². The van der Waals surface area contributed by atoms with Crippen LogP contribution in [-0.2, 0) is 0 Å². The number of hydrogen-bond acceptors (Lipinski definition) is 9. The van der Waals surface area contributed by atoms with Gasteiger partial charge in [-0.05, 0) is 18.6 Å². The van der Waals surface area contributed by atoms with E-state index in [4.69, 9.17) is 14.6 Å². The molecule has 10 nitrogen and oxygen atoms in total. The summed E-state index contributed by atoms with van der Waals surface area (Å²) in [5.41, 5.74) is 8.07. The average molecular weight is 402 g/mol. The minimum absolute atomic E-state index is 0.0353. The van der Waals surface area contributed by atoms with E-state index >= 15 is 0 Å². The molecule has 0 bridgehead atoms. The van der Waals surface area contributed by atoms with Crippen molar-refractivity contribution in [2.45, 2.75) is 6.92 Å². The molecular weight excluding hydrogens is 382 g/mol. The number of hydrogen-bond donors (Lipinski definition) is 2. The number of nitrogen functional groups attached to an aromatic ring is 1. The number of nitrogens with two attached hydrogens (primary N) is 1. The number of rotatable bonds is 4. The molecule has 0 aliphatic carbocycles. The van der Waals surface area contributed by atoms with Crippen LogP contribution >= 0.6 is 0 Å². The summed E-state index contributed by atoms with van der Waals surface area (Å²) in [6.07, 6.45) is 7.11. The summed E-state index contributed by atoms with van der Waals surface area (Å²) in [4.78, 5) is 21.9. The van der Waals surface area contributed by atoms with E-state index in [1.807, 2.05) is 19.1 Å². The summed E-state index contributed by atoms with van der Waals surface area (Å²) in [6.45, 7) is -0.741. The van der Waals surface area contributed by atoms with Crippen LogP contribution < -0.4 is 15.4 Å². The van der Waals surface area contributed by atoms with Gasteiger partial charge in [0.2, 0.25) is 5.88 Å². The highest BCUT2D eigenvalue weighted by atomic mass is 16.5. The van der Waals surface area contributed by atoms with Gasteiger partial charge < -0.3 is 15.4 Å². The third kappa shape index (κ3) is 2.91. The van der Waals surface area contributed by atoms with Crippen LogP contribution in [-0.4, -0.2) is 42.1 Å². The molecule has 1 aromatic carbocycles. The Morgan fingerprint density at radius 3 is 2.90 bits per heavy atom. The molecule has 0 aliphatic heterocycles. The highest BCUT2D eigenvalue weighted by Crippen LogP contribution is 2.37. The van der Waals surface area contributed by atoms with Gasteiger partial charge in [0.25, 0.3) is 0 Å². The monoisotopic (exact) mass is 402 g/mol. The van der Waals surface area contributed by atoms with E-state index in [1.165, 1.54) is 31.0 Å². The second-order valence-corrected chi connectivity index (χ2v) is 6.48. The van der Waals surface area contributed by atoms with E-state index in [1.54, 1.807) is 6.20 Å². The van der Waals surface area contributed by atoms with Crippen LogP contribution in [0.2, 0.25) is 0 Å². The lowest BCUT2D eigenvalue weighted by Gasteiger charge is -2.19. The van der Waals surface area contributed by atoms with Crippen molar-refractivity contribution in [1.82, 2.24) is 35.1 Å². The van der Waals surface area contributed by atoms with Gasteiger partial charge in [-0.25, -0.2) is 15.0 Å². The Labute approximate surface area is 175 Å². The van der Waals surface area contributed by atoms with Crippen molar-refractivity contribution in [3.05, 3.63) is 54.9 Å². The lowest BCUT2D eigenvalue weighted by Crippen LogP contribution is -2.13. The van der Waals surface area contributed by atoms with Gasteiger partial charge in [0.05, 0.1) is 28.8 Å². The molecular formula is C20H17N9O. The van der Waals surface area contributed by atoms with Crippen LogP contribution in [0.1, 0.15) is 9.68 Å². The number of nitrogens with zero attached hydrogens (tertiary/aromatic N) is 7. The van der Waals surface area contributed by atoms with Crippen LogP contribution in [0, 0.1) is 6.92 Å². The lowest BCUT2D eigenvalue weighted by atomic mass is 10.1. The van der Waals surface area contributed by atoms with Gasteiger partial charge in [0.1, 0.15) is 29.1 Å². The van der Waals surface area contributed by atoms with E-state index in [0.29, 0.717) is 16.7 Å². The molecule has 0 radical (unpaired) electrons. The third-order valence-corrected chi connectivity index (χ3v) is 4.58. The van der Waals surface area contributed by atoms with Gasteiger partial charge in [-0.2, -0.15) is 10.1 Å². The maximum absolute atomic E-state index is 8.07. The molecule has 0 atom stereocenters. The largest absolute Gasteiger partial charge is 0.437 e. The van der Waals surface area contributed by atoms with Crippen molar-refractivity contribution in [3.8, 4) is 11.6 Å². The van der Waals surface area contributed by atoms with Crippen LogP contribution in [0.15, 0.2) is 49.3 Å². The molecule has 0 saturated carbocycles. The second kappa shape index (κ2) is 6.92. The zero-order chi connectivity index (χ0) is 23.2. The molecule has 3 N–H and O–H groups in total. The fourth-order valence-corrected chi connectivity index (χ4v) is 3.10. The Hall–Kier alpha value is -4.34. The first kappa shape index (κ1) is 14.6. The summed E-state index contributed by atoms with van der Waals surface area (Å²) >= 11 is 0. The van der Waals surface area contributed by atoms with E-state index in [-0.39, 0.29) is 23.3 Å². The predicted octanol–water partition coefficient (Wildman–Crippen LogP) is 3.14.